The van der Waals surface area contributed by atoms with Gasteiger partial charge < -0.3 is 10.1 Å². The summed E-state index contributed by atoms with van der Waals surface area (Å²) < 4.78 is 6.85. The summed E-state index contributed by atoms with van der Waals surface area (Å²) in [5, 5.41) is 3.59. The molecule has 2 saturated carbocycles. The lowest BCUT2D eigenvalue weighted by Gasteiger charge is -2.36. The van der Waals surface area contributed by atoms with E-state index in [9.17, 15) is 9.59 Å². The quantitative estimate of drug-likeness (QED) is 0.628. The maximum atomic E-state index is 12.8. The molecule has 1 heterocycles. The molecule has 2 atom stereocenters. The normalized spacial score (nSPS) is 23.7. The number of fused-ring (bicyclic) bond motifs is 3. The smallest absolute Gasteiger partial charge is 0.229 e. The van der Waals surface area contributed by atoms with E-state index < -0.39 is 0 Å². The molecule has 2 aliphatic rings. The van der Waals surface area contributed by atoms with E-state index in [-0.39, 0.29) is 23.7 Å². The molecule has 1 aromatic heterocycles. The summed E-state index contributed by atoms with van der Waals surface area (Å²) in [7, 11) is 0. The molecule has 5 rings (SSSR count). The van der Waals surface area contributed by atoms with Gasteiger partial charge in [-0.05, 0) is 49.9 Å². The predicted molar refractivity (Wildman–Crippen MR) is 113 cm³/mol. The molecule has 2 fully saturated rings. The number of hydrogen-bond donors (Lipinski definition) is 1. The third-order valence-electron chi connectivity index (χ3n) is 5.99. The van der Waals surface area contributed by atoms with Crippen LogP contribution in [0.2, 0.25) is 0 Å². The number of thiazole rings is 1. The number of ketones is 1. The Balaban J connectivity index is 1.29. The van der Waals surface area contributed by atoms with Gasteiger partial charge in [0.05, 0.1) is 10.2 Å². The average Bonchev–Trinajstić information content (AvgIpc) is 3.10. The van der Waals surface area contributed by atoms with Gasteiger partial charge in [0.1, 0.15) is 17.3 Å². The highest BCUT2D eigenvalue weighted by Gasteiger charge is 2.41. The Morgan fingerprint density at radius 2 is 1.79 bits per heavy atom. The first-order chi connectivity index (χ1) is 14.2. The second-order valence-corrected chi connectivity index (χ2v) is 8.98. The van der Waals surface area contributed by atoms with Gasteiger partial charge in [-0.15, -0.1) is 0 Å². The van der Waals surface area contributed by atoms with Crippen LogP contribution in [-0.2, 0) is 9.59 Å². The van der Waals surface area contributed by atoms with Crippen molar-refractivity contribution in [1.29, 1.82) is 0 Å². The van der Waals surface area contributed by atoms with Crippen molar-refractivity contribution in [3.63, 3.8) is 0 Å². The molecule has 2 unspecified atom stereocenters. The molecule has 29 heavy (non-hydrogen) atoms. The van der Waals surface area contributed by atoms with Gasteiger partial charge in [0, 0.05) is 23.8 Å². The summed E-state index contributed by atoms with van der Waals surface area (Å²) in [6, 6.07) is 15.4. The van der Waals surface area contributed by atoms with Crippen LogP contribution in [0.15, 0.2) is 48.5 Å². The number of nitrogens with one attached hydrogen (secondary N) is 1. The number of carbonyl (C=O) groups is 2. The van der Waals surface area contributed by atoms with Crippen LogP contribution in [0, 0.1) is 17.8 Å². The number of amides is 1. The summed E-state index contributed by atoms with van der Waals surface area (Å²) in [6.45, 7) is 0. The van der Waals surface area contributed by atoms with Crippen LogP contribution in [0.25, 0.3) is 10.2 Å². The Morgan fingerprint density at radius 3 is 2.55 bits per heavy atom. The molecule has 5 nitrogen and oxygen atoms in total. The van der Waals surface area contributed by atoms with Crippen molar-refractivity contribution in [2.75, 3.05) is 5.32 Å². The molecule has 0 saturated heterocycles. The third kappa shape index (κ3) is 3.77. The summed E-state index contributed by atoms with van der Waals surface area (Å²) in [4.78, 5) is 29.6. The SMILES string of the molecule is O=C(Nc1nc2ccc(Oc3ccccc3)cc2s1)C1CC2CCCC(C1)C2=O. The number of carbonyl (C=O) groups excluding carboxylic acids is 2. The number of ether oxygens (including phenoxy) is 1. The Kier molecular flexibility index (Phi) is 4.79. The topological polar surface area (TPSA) is 68.3 Å². The molecular formula is C23H22N2O3S. The minimum Gasteiger partial charge on any atom is -0.457 e. The fraction of sp³-hybridized carbons (Fsp3) is 0.348. The minimum atomic E-state index is -0.0908. The zero-order valence-electron chi connectivity index (χ0n) is 16.0. The summed E-state index contributed by atoms with van der Waals surface area (Å²) in [5.41, 5.74) is 0.835. The first-order valence-electron chi connectivity index (χ1n) is 10.1. The van der Waals surface area contributed by atoms with E-state index >= 15 is 0 Å². The van der Waals surface area contributed by atoms with Crippen LogP contribution in [0.3, 0.4) is 0 Å². The van der Waals surface area contributed by atoms with Crippen molar-refractivity contribution in [2.45, 2.75) is 32.1 Å². The van der Waals surface area contributed by atoms with Crippen molar-refractivity contribution in [3.05, 3.63) is 48.5 Å². The molecule has 6 heteroatoms. The predicted octanol–water partition coefficient (Wildman–Crippen LogP) is 5.42. The second-order valence-electron chi connectivity index (χ2n) is 7.95. The van der Waals surface area contributed by atoms with E-state index in [2.05, 4.69) is 10.3 Å². The second kappa shape index (κ2) is 7.59. The van der Waals surface area contributed by atoms with Gasteiger partial charge in [-0.2, -0.15) is 0 Å². The number of rotatable bonds is 4. The largest absolute Gasteiger partial charge is 0.457 e. The molecule has 1 N–H and O–H groups in total. The summed E-state index contributed by atoms with van der Waals surface area (Å²) >= 11 is 1.45. The molecule has 0 aliphatic heterocycles. The van der Waals surface area contributed by atoms with Crippen LogP contribution in [0.5, 0.6) is 11.5 Å². The van der Waals surface area contributed by atoms with E-state index in [4.69, 9.17) is 4.74 Å². The standard InChI is InChI=1S/C23H22N2O3S/c26-21-14-5-4-6-15(21)12-16(11-14)22(27)25-23-24-19-10-9-18(13-20(19)29-23)28-17-7-2-1-3-8-17/h1-3,7-10,13-16H,4-6,11-12H2,(H,24,25,27). The van der Waals surface area contributed by atoms with E-state index in [0.717, 1.165) is 41.0 Å². The Labute approximate surface area is 173 Å². The monoisotopic (exact) mass is 406 g/mol. The van der Waals surface area contributed by atoms with Crippen molar-refractivity contribution < 1.29 is 14.3 Å². The van der Waals surface area contributed by atoms with Gasteiger partial charge in [0.15, 0.2) is 5.13 Å². The van der Waals surface area contributed by atoms with Gasteiger partial charge in [0.25, 0.3) is 0 Å². The van der Waals surface area contributed by atoms with Crippen LogP contribution >= 0.6 is 11.3 Å². The van der Waals surface area contributed by atoms with Crippen LogP contribution in [0.4, 0.5) is 5.13 Å². The highest BCUT2D eigenvalue weighted by atomic mass is 32.1. The lowest BCUT2D eigenvalue weighted by Crippen LogP contribution is -2.40. The molecule has 2 bridgehead atoms. The molecule has 0 radical (unpaired) electrons. The maximum absolute atomic E-state index is 12.8. The first kappa shape index (κ1) is 18.3. The van der Waals surface area contributed by atoms with Gasteiger partial charge in [0.2, 0.25) is 5.91 Å². The fourth-order valence-electron chi connectivity index (χ4n) is 4.55. The number of anilines is 1. The van der Waals surface area contributed by atoms with Crippen LogP contribution < -0.4 is 10.1 Å². The van der Waals surface area contributed by atoms with E-state index in [1.54, 1.807) is 0 Å². The number of nitrogens with zero attached hydrogens (tertiary/aromatic N) is 1. The Hall–Kier alpha value is -2.73. The average molecular weight is 407 g/mol. The molecule has 0 spiro atoms. The van der Waals surface area contributed by atoms with Gasteiger partial charge >= 0.3 is 0 Å². The highest BCUT2D eigenvalue weighted by Crippen LogP contribution is 2.40. The number of hydrogen-bond acceptors (Lipinski definition) is 5. The molecule has 2 aliphatic carbocycles. The first-order valence-corrected chi connectivity index (χ1v) is 11.0. The van der Waals surface area contributed by atoms with Gasteiger partial charge in [-0.3, -0.25) is 9.59 Å². The van der Waals surface area contributed by atoms with Crippen LogP contribution in [0.1, 0.15) is 32.1 Å². The number of para-hydroxylation sites is 1. The van der Waals surface area contributed by atoms with Gasteiger partial charge in [-0.1, -0.05) is 36.0 Å². The fourth-order valence-corrected chi connectivity index (χ4v) is 5.44. The number of aromatic nitrogens is 1. The van der Waals surface area contributed by atoms with Gasteiger partial charge in [-0.25, -0.2) is 4.98 Å². The van der Waals surface area contributed by atoms with Crippen molar-refractivity contribution >= 4 is 38.4 Å². The molecule has 1 amide bonds. The lowest BCUT2D eigenvalue weighted by molar-refractivity contribution is -0.136. The highest BCUT2D eigenvalue weighted by molar-refractivity contribution is 7.22. The van der Waals surface area contributed by atoms with Crippen molar-refractivity contribution in [3.8, 4) is 11.5 Å². The van der Waals surface area contributed by atoms with Crippen molar-refractivity contribution in [1.82, 2.24) is 4.98 Å². The minimum absolute atomic E-state index is 0.00536. The van der Waals surface area contributed by atoms with E-state index in [0.29, 0.717) is 23.8 Å². The number of Topliss-reactive ketones (excluding diaryl/α,β-unsaturated/α-hetero) is 1. The van der Waals surface area contributed by atoms with Crippen molar-refractivity contribution in [2.24, 2.45) is 17.8 Å². The zero-order chi connectivity index (χ0) is 19.8. The molecular weight excluding hydrogens is 384 g/mol. The van der Waals surface area contributed by atoms with Crippen LogP contribution in [-0.4, -0.2) is 16.7 Å². The Morgan fingerprint density at radius 1 is 1.03 bits per heavy atom. The summed E-state index contributed by atoms with van der Waals surface area (Å²) in [5.74, 6) is 1.95. The molecule has 148 valence electrons. The van der Waals surface area contributed by atoms with E-state index in [1.165, 1.54) is 11.3 Å². The number of benzene rings is 2. The van der Waals surface area contributed by atoms with E-state index in [1.807, 2.05) is 48.5 Å². The Bertz CT molecular complexity index is 1050. The maximum Gasteiger partial charge on any atom is 0.229 e. The zero-order valence-corrected chi connectivity index (χ0v) is 16.8. The molecule has 3 aromatic rings. The lowest BCUT2D eigenvalue weighted by atomic mass is 9.67. The summed E-state index contributed by atoms with van der Waals surface area (Å²) in [6.07, 6.45) is 4.35. The third-order valence-corrected chi connectivity index (χ3v) is 6.92. The molecule has 2 aromatic carbocycles.